The summed E-state index contributed by atoms with van der Waals surface area (Å²) in [6.07, 6.45) is 5.19. The molecule has 2 amide bonds. The topological polar surface area (TPSA) is 49.9 Å². The molecule has 3 rings (SSSR count). The van der Waals surface area contributed by atoms with Gasteiger partial charge in [-0.3, -0.25) is 9.59 Å². The van der Waals surface area contributed by atoms with Crippen molar-refractivity contribution in [2.24, 2.45) is 11.8 Å². The lowest BCUT2D eigenvalue weighted by atomic mass is 9.91. The molecule has 2 atom stereocenters. The van der Waals surface area contributed by atoms with Crippen LogP contribution in [0.4, 0.5) is 0 Å². The molecule has 5 nitrogen and oxygen atoms in total. The standard InChI is InChI=1S/C15H24N2O3/c1-2-13-12(4-3-7-20-13)15(19)17-9-14(18)16(10-17)8-11-5-6-11/h11-13H,2-10H2,1H3/t12-,13-/m0/s1. The van der Waals surface area contributed by atoms with Gasteiger partial charge in [0.2, 0.25) is 11.8 Å². The number of nitrogens with zero attached hydrogens (tertiary/aromatic N) is 2. The Balaban J connectivity index is 1.60. The number of carbonyl (C=O) groups is 2. The highest BCUT2D eigenvalue weighted by Gasteiger charge is 2.39. The van der Waals surface area contributed by atoms with E-state index < -0.39 is 0 Å². The van der Waals surface area contributed by atoms with Crippen molar-refractivity contribution < 1.29 is 14.3 Å². The van der Waals surface area contributed by atoms with Gasteiger partial charge < -0.3 is 14.5 Å². The average molecular weight is 280 g/mol. The highest BCUT2D eigenvalue weighted by molar-refractivity contribution is 5.89. The van der Waals surface area contributed by atoms with Gasteiger partial charge in [-0.15, -0.1) is 0 Å². The molecule has 5 heteroatoms. The van der Waals surface area contributed by atoms with Crippen LogP contribution < -0.4 is 0 Å². The van der Waals surface area contributed by atoms with Gasteiger partial charge in [-0.05, 0) is 38.0 Å². The van der Waals surface area contributed by atoms with E-state index in [2.05, 4.69) is 6.92 Å². The van der Waals surface area contributed by atoms with Crippen molar-refractivity contribution in [1.29, 1.82) is 0 Å². The molecule has 3 aliphatic rings. The predicted molar refractivity (Wildman–Crippen MR) is 73.8 cm³/mol. The fourth-order valence-corrected chi connectivity index (χ4v) is 3.28. The summed E-state index contributed by atoms with van der Waals surface area (Å²) >= 11 is 0. The van der Waals surface area contributed by atoms with Crippen molar-refractivity contribution in [3.63, 3.8) is 0 Å². The zero-order valence-electron chi connectivity index (χ0n) is 12.2. The largest absolute Gasteiger partial charge is 0.377 e. The normalized spacial score (nSPS) is 30.9. The molecular weight excluding hydrogens is 256 g/mol. The zero-order chi connectivity index (χ0) is 14.1. The Bertz CT molecular complexity index is 395. The molecule has 1 aliphatic carbocycles. The summed E-state index contributed by atoms with van der Waals surface area (Å²) in [5.41, 5.74) is 0. The molecule has 3 fully saturated rings. The highest BCUT2D eigenvalue weighted by Crippen LogP contribution is 2.31. The first kappa shape index (κ1) is 13.9. The average Bonchev–Trinajstić information content (AvgIpc) is 3.21. The first-order chi connectivity index (χ1) is 9.69. The van der Waals surface area contributed by atoms with Gasteiger partial charge in [0.15, 0.2) is 0 Å². The lowest BCUT2D eigenvalue weighted by molar-refractivity contribution is -0.145. The van der Waals surface area contributed by atoms with Gasteiger partial charge in [-0.2, -0.15) is 0 Å². The van der Waals surface area contributed by atoms with E-state index in [4.69, 9.17) is 4.74 Å². The number of hydrogen-bond donors (Lipinski definition) is 0. The van der Waals surface area contributed by atoms with Crippen LogP contribution in [-0.2, 0) is 14.3 Å². The number of rotatable bonds is 4. The lowest BCUT2D eigenvalue weighted by Crippen LogP contribution is -2.43. The van der Waals surface area contributed by atoms with E-state index in [1.807, 2.05) is 4.90 Å². The second-order valence-electron chi connectivity index (χ2n) is 6.30. The van der Waals surface area contributed by atoms with Gasteiger partial charge >= 0.3 is 0 Å². The third-order valence-electron chi connectivity index (χ3n) is 4.67. The maximum atomic E-state index is 12.6. The third kappa shape index (κ3) is 2.82. The molecule has 1 saturated carbocycles. The summed E-state index contributed by atoms with van der Waals surface area (Å²) < 4.78 is 5.70. The fourth-order valence-electron chi connectivity index (χ4n) is 3.28. The van der Waals surface area contributed by atoms with Crippen LogP contribution in [0.25, 0.3) is 0 Å². The predicted octanol–water partition coefficient (Wildman–Crippen LogP) is 1.23. The van der Waals surface area contributed by atoms with Crippen LogP contribution in [0.3, 0.4) is 0 Å². The monoisotopic (exact) mass is 280 g/mol. The van der Waals surface area contributed by atoms with Crippen LogP contribution in [0.2, 0.25) is 0 Å². The van der Waals surface area contributed by atoms with E-state index in [-0.39, 0.29) is 30.4 Å². The molecule has 0 N–H and O–H groups in total. The van der Waals surface area contributed by atoms with Crippen molar-refractivity contribution in [2.75, 3.05) is 26.4 Å². The Morgan fingerprint density at radius 2 is 2.15 bits per heavy atom. The summed E-state index contributed by atoms with van der Waals surface area (Å²) in [5.74, 6) is 0.844. The van der Waals surface area contributed by atoms with Crippen LogP contribution in [-0.4, -0.2) is 54.1 Å². The lowest BCUT2D eigenvalue weighted by Gasteiger charge is -2.32. The zero-order valence-corrected chi connectivity index (χ0v) is 12.2. The Kier molecular flexibility index (Phi) is 3.96. The smallest absolute Gasteiger partial charge is 0.243 e. The van der Waals surface area contributed by atoms with Crippen LogP contribution >= 0.6 is 0 Å². The van der Waals surface area contributed by atoms with Gasteiger partial charge in [0.05, 0.1) is 18.7 Å². The Hall–Kier alpha value is -1.10. The van der Waals surface area contributed by atoms with E-state index in [9.17, 15) is 9.59 Å². The summed E-state index contributed by atoms with van der Waals surface area (Å²) in [7, 11) is 0. The summed E-state index contributed by atoms with van der Waals surface area (Å²) in [5, 5.41) is 0. The SMILES string of the molecule is CC[C@@H]1OCCC[C@@H]1C(=O)N1CC(=O)N(CC2CC2)C1. The fraction of sp³-hybridized carbons (Fsp3) is 0.867. The van der Waals surface area contributed by atoms with Gasteiger partial charge in [-0.25, -0.2) is 0 Å². The minimum absolute atomic E-state index is 0.0313. The van der Waals surface area contributed by atoms with Crippen molar-refractivity contribution in [2.45, 2.75) is 45.1 Å². The molecule has 2 heterocycles. The third-order valence-corrected chi connectivity index (χ3v) is 4.67. The van der Waals surface area contributed by atoms with E-state index in [0.717, 1.165) is 32.4 Å². The Morgan fingerprint density at radius 1 is 1.35 bits per heavy atom. The van der Waals surface area contributed by atoms with Crippen LogP contribution in [0.5, 0.6) is 0 Å². The van der Waals surface area contributed by atoms with Crippen LogP contribution in [0.1, 0.15) is 39.0 Å². The first-order valence-corrected chi connectivity index (χ1v) is 7.87. The van der Waals surface area contributed by atoms with E-state index in [1.165, 1.54) is 12.8 Å². The van der Waals surface area contributed by atoms with Gasteiger partial charge in [0.1, 0.15) is 6.54 Å². The van der Waals surface area contributed by atoms with Crippen LogP contribution in [0.15, 0.2) is 0 Å². The van der Waals surface area contributed by atoms with Gasteiger partial charge in [0.25, 0.3) is 0 Å². The minimum atomic E-state index is -0.0533. The molecule has 0 aromatic rings. The molecule has 0 spiro atoms. The minimum Gasteiger partial charge on any atom is -0.377 e. The molecule has 0 aromatic heterocycles. The van der Waals surface area contributed by atoms with E-state index in [1.54, 1.807) is 4.90 Å². The Morgan fingerprint density at radius 3 is 2.85 bits per heavy atom. The Labute approximate surface area is 120 Å². The maximum absolute atomic E-state index is 12.6. The second-order valence-corrected chi connectivity index (χ2v) is 6.30. The summed E-state index contributed by atoms with van der Waals surface area (Å²) in [6, 6.07) is 0. The van der Waals surface area contributed by atoms with E-state index >= 15 is 0 Å². The van der Waals surface area contributed by atoms with Crippen molar-refractivity contribution in [3.05, 3.63) is 0 Å². The molecule has 0 bridgehead atoms. The van der Waals surface area contributed by atoms with Crippen LogP contribution in [0, 0.1) is 11.8 Å². The molecule has 0 radical (unpaired) electrons. The first-order valence-electron chi connectivity index (χ1n) is 7.87. The molecule has 0 unspecified atom stereocenters. The highest BCUT2D eigenvalue weighted by atomic mass is 16.5. The van der Waals surface area contributed by atoms with Gasteiger partial charge in [0, 0.05) is 13.2 Å². The molecule has 20 heavy (non-hydrogen) atoms. The number of hydrogen-bond acceptors (Lipinski definition) is 3. The quantitative estimate of drug-likeness (QED) is 0.778. The molecule has 2 aliphatic heterocycles. The van der Waals surface area contributed by atoms with E-state index in [0.29, 0.717) is 12.6 Å². The second kappa shape index (κ2) is 5.72. The molecule has 0 aromatic carbocycles. The van der Waals surface area contributed by atoms with Crippen molar-refractivity contribution >= 4 is 11.8 Å². The summed E-state index contributed by atoms with van der Waals surface area (Å²) in [4.78, 5) is 28.2. The number of ether oxygens (including phenoxy) is 1. The maximum Gasteiger partial charge on any atom is 0.243 e. The molecular formula is C15H24N2O3. The van der Waals surface area contributed by atoms with Crippen molar-refractivity contribution in [1.82, 2.24) is 9.80 Å². The number of carbonyl (C=O) groups excluding carboxylic acids is 2. The summed E-state index contributed by atoms with van der Waals surface area (Å²) in [6.45, 7) is 4.40. The van der Waals surface area contributed by atoms with Gasteiger partial charge in [-0.1, -0.05) is 6.92 Å². The molecule has 2 saturated heterocycles. The molecule has 112 valence electrons. The van der Waals surface area contributed by atoms with Crippen molar-refractivity contribution in [3.8, 4) is 0 Å². The number of amides is 2.